The zero-order chi connectivity index (χ0) is 12.4. The number of aromatic nitrogens is 1. The molecule has 0 spiro atoms. The minimum Gasteiger partial charge on any atom is -0.496 e. The van der Waals surface area contributed by atoms with Crippen molar-refractivity contribution in [1.82, 2.24) is 4.98 Å². The van der Waals surface area contributed by atoms with Gasteiger partial charge < -0.3 is 9.84 Å². The number of methoxy groups -OCH3 is 1. The Hall–Kier alpha value is -0.620. The molecule has 0 amide bonds. The number of hydrogen-bond donors (Lipinski definition) is 1. The molecule has 0 bridgehead atoms. The first-order valence-electron chi connectivity index (χ1n) is 4.75. The Labute approximate surface area is 116 Å². The molecule has 1 N–H and O–H groups in total. The summed E-state index contributed by atoms with van der Waals surface area (Å²) in [4.78, 5) is 4.95. The first kappa shape index (κ1) is 12.8. The summed E-state index contributed by atoms with van der Waals surface area (Å²) in [5.41, 5.74) is 1.48. The Morgan fingerprint density at radius 3 is 2.94 bits per heavy atom. The van der Waals surface area contributed by atoms with Crippen molar-refractivity contribution in [2.24, 2.45) is 0 Å². The van der Waals surface area contributed by atoms with E-state index >= 15 is 0 Å². The van der Waals surface area contributed by atoms with Crippen molar-refractivity contribution >= 4 is 38.9 Å². The normalized spacial score (nSPS) is 10.6. The van der Waals surface area contributed by atoms with E-state index in [0.717, 1.165) is 14.9 Å². The Kier molecular flexibility index (Phi) is 4.04. The molecule has 6 heteroatoms. The lowest BCUT2D eigenvalue weighted by atomic mass is 10.1. The maximum atomic E-state index is 9.29. The van der Waals surface area contributed by atoms with E-state index in [9.17, 15) is 5.11 Å². The van der Waals surface area contributed by atoms with Crippen LogP contribution in [-0.2, 0) is 6.61 Å². The third-order valence-electron chi connectivity index (χ3n) is 2.23. The van der Waals surface area contributed by atoms with Crippen molar-refractivity contribution in [2.75, 3.05) is 7.11 Å². The number of halogens is 2. The van der Waals surface area contributed by atoms with Crippen LogP contribution in [0.15, 0.2) is 22.7 Å². The highest BCUT2D eigenvalue weighted by atomic mass is 79.9. The highest BCUT2D eigenvalue weighted by Crippen LogP contribution is 2.37. The largest absolute Gasteiger partial charge is 0.496 e. The zero-order valence-corrected chi connectivity index (χ0v) is 12.1. The van der Waals surface area contributed by atoms with E-state index in [-0.39, 0.29) is 6.61 Å². The molecule has 0 atom stereocenters. The van der Waals surface area contributed by atoms with Crippen LogP contribution in [0, 0.1) is 0 Å². The van der Waals surface area contributed by atoms with E-state index in [1.165, 1.54) is 11.3 Å². The fraction of sp³-hybridized carbons (Fsp3) is 0.182. The van der Waals surface area contributed by atoms with Gasteiger partial charge in [-0.2, -0.15) is 0 Å². The predicted molar refractivity (Wildman–Crippen MR) is 72.7 cm³/mol. The van der Waals surface area contributed by atoms with Gasteiger partial charge in [-0.3, -0.25) is 0 Å². The van der Waals surface area contributed by atoms with Gasteiger partial charge in [-0.05, 0) is 18.2 Å². The maximum Gasteiger partial charge on any atom is 0.184 e. The maximum absolute atomic E-state index is 9.29. The van der Waals surface area contributed by atoms with Gasteiger partial charge in [0.1, 0.15) is 5.75 Å². The fourth-order valence-electron chi connectivity index (χ4n) is 1.51. The monoisotopic (exact) mass is 333 g/mol. The van der Waals surface area contributed by atoms with Crippen molar-refractivity contribution in [3.63, 3.8) is 0 Å². The molecule has 0 aliphatic rings. The number of aliphatic hydroxyl groups excluding tert-OH is 1. The third-order valence-corrected chi connectivity index (χ3v) is 3.87. The summed E-state index contributed by atoms with van der Waals surface area (Å²) in [5.74, 6) is 0.699. The lowest BCUT2D eigenvalue weighted by molar-refractivity contribution is 0.286. The van der Waals surface area contributed by atoms with Crippen LogP contribution >= 0.6 is 38.9 Å². The highest BCUT2D eigenvalue weighted by molar-refractivity contribution is 9.10. The van der Waals surface area contributed by atoms with Gasteiger partial charge in [0.25, 0.3) is 0 Å². The van der Waals surface area contributed by atoms with Gasteiger partial charge >= 0.3 is 0 Å². The van der Waals surface area contributed by atoms with Gasteiger partial charge in [-0.1, -0.05) is 27.5 Å². The molecule has 0 aliphatic heterocycles. The lowest BCUT2D eigenvalue weighted by Crippen LogP contribution is -1.91. The van der Waals surface area contributed by atoms with Crippen LogP contribution < -0.4 is 4.74 Å². The second-order valence-corrected chi connectivity index (χ2v) is 5.82. The molecule has 0 unspecified atom stereocenters. The molecule has 0 radical (unpaired) electrons. The van der Waals surface area contributed by atoms with E-state index in [2.05, 4.69) is 20.9 Å². The van der Waals surface area contributed by atoms with Gasteiger partial charge in [0.2, 0.25) is 0 Å². The fourth-order valence-corrected chi connectivity index (χ4v) is 2.89. The molecule has 2 rings (SSSR count). The van der Waals surface area contributed by atoms with E-state index in [1.54, 1.807) is 7.11 Å². The molecule has 3 nitrogen and oxygen atoms in total. The second kappa shape index (κ2) is 5.35. The summed E-state index contributed by atoms with van der Waals surface area (Å²) >= 11 is 10.5. The van der Waals surface area contributed by atoms with E-state index in [0.29, 0.717) is 15.9 Å². The van der Waals surface area contributed by atoms with Crippen molar-refractivity contribution in [3.05, 3.63) is 32.0 Å². The first-order chi connectivity index (χ1) is 8.15. The topological polar surface area (TPSA) is 42.4 Å². The standard InChI is InChI=1S/C11H9BrClNO2S/c1-16-8-3-2-6(12)4-7(8)10-9(5-15)17-11(13)14-10/h2-4,15H,5H2,1H3. The SMILES string of the molecule is COc1ccc(Br)cc1-c1nc(Cl)sc1CO. The molecule has 0 saturated carbocycles. The summed E-state index contributed by atoms with van der Waals surface area (Å²) < 4.78 is 6.61. The van der Waals surface area contributed by atoms with Gasteiger partial charge in [0, 0.05) is 10.0 Å². The highest BCUT2D eigenvalue weighted by Gasteiger charge is 2.15. The molecule has 1 aromatic heterocycles. The van der Waals surface area contributed by atoms with Crippen LogP contribution in [0.3, 0.4) is 0 Å². The summed E-state index contributed by atoms with van der Waals surface area (Å²) in [5, 5.41) is 9.29. The van der Waals surface area contributed by atoms with Crippen molar-refractivity contribution in [1.29, 1.82) is 0 Å². The van der Waals surface area contributed by atoms with Gasteiger partial charge in [-0.15, -0.1) is 11.3 Å². The number of thiazole rings is 1. The van der Waals surface area contributed by atoms with Crippen LogP contribution in [0.5, 0.6) is 5.75 Å². The van der Waals surface area contributed by atoms with E-state index < -0.39 is 0 Å². The number of nitrogens with zero attached hydrogens (tertiary/aromatic N) is 1. The van der Waals surface area contributed by atoms with Crippen molar-refractivity contribution < 1.29 is 9.84 Å². The van der Waals surface area contributed by atoms with E-state index in [4.69, 9.17) is 16.3 Å². The Morgan fingerprint density at radius 1 is 1.53 bits per heavy atom. The molecule has 1 heterocycles. The average molecular weight is 335 g/mol. The quantitative estimate of drug-likeness (QED) is 0.930. The van der Waals surface area contributed by atoms with Gasteiger partial charge in [0.05, 0.1) is 24.3 Å². The molecular formula is C11H9BrClNO2S. The second-order valence-electron chi connectivity index (χ2n) is 3.24. The Balaban J connectivity index is 2.61. The van der Waals surface area contributed by atoms with Crippen molar-refractivity contribution in [2.45, 2.75) is 6.61 Å². The van der Waals surface area contributed by atoms with Crippen LogP contribution in [0.25, 0.3) is 11.3 Å². The molecule has 0 fully saturated rings. The average Bonchev–Trinajstić information content (AvgIpc) is 2.70. The number of aliphatic hydroxyl groups is 1. The molecule has 0 aliphatic carbocycles. The predicted octanol–water partition coefficient (Wildman–Crippen LogP) is 3.73. The summed E-state index contributed by atoms with van der Waals surface area (Å²) in [6.45, 7) is -0.0879. The van der Waals surface area contributed by atoms with Gasteiger partial charge in [0.15, 0.2) is 4.47 Å². The molecule has 17 heavy (non-hydrogen) atoms. The molecular weight excluding hydrogens is 326 g/mol. The van der Waals surface area contributed by atoms with Crippen molar-refractivity contribution in [3.8, 4) is 17.0 Å². The van der Waals surface area contributed by atoms with Crippen LogP contribution in [0.2, 0.25) is 4.47 Å². The summed E-state index contributed by atoms with van der Waals surface area (Å²) in [6, 6.07) is 5.62. The van der Waals surface area contributed by atoms with E-state index in [1.807, 2.05) is 18.2 Å². The van der Waals surface area contributed by atoms with Crippen LogP contribution in [0.1, 0.15) is 4.88 Å². The number of benzene rings is 1. The lowest BCUT2D eigenvalue weighted by Gasteiger charge is -2.07. The molecule has 0 saturated heterocycles. The molecule has 1 aromatic carbocycles. The third kappa shape index (κ3) is 2.63. The summed E-state index contributed by atoms with van der Waals surface area (Å²) in [7, 11) is 1.60. The van der Waals surface area contributed by atoms with Gasteiger partial charge in [-0.25, -0.2) is 4.98 Å². The Morgan fingerprint density at radius 2 is 2.29 bits per heavy atom. The van der Waals surface area contributed by atoms with Crippen LogP contribution in [-0.4, -0.2) is 17.2 Å². The molecule has 90 valence electrons. The number of rotatable bonds is 3. The number of hydrogen-bond acceptors (Lipinski definition) is 4. The van der Waals surface area contributed by atoms with Crippen LogP contribution in [0.4, 0.5) is 0 Å². The zero-order valence-electron chi connectivity index (χ0n) is 8.91. The minimum absolute atomic E-state index is 0.0879. The first-order valence-corrected chi connectivity index (χ1v) is 6.74. The Bertz CT molecular complexity index is 544. The smallest absolute Gasteiger partial charge is 0.184 e. The minimum atomic E-state index is -0.0879. The molecule has 2 aromatic rings. The number of ether oxygens (including phenoxy) is 1. The summed E-state index contributed by atoms with van der Waals surface area (Å²) in [6.07, 6.45) is 0.